The molecule has 2 aromatic carbocycles. The molecule has 31 heavy (non-hydrogen) atoms. The molecule has 0 aliphatic carbocycles. The Hall–Kier alpha value is -3.04. The number of hydrogen-bond acceptors (Lipinski definition) is 8. The van der Waals surface area contributed by atoms with E-state index in [-0.39, 0.29) is 39.2 Å². The third-order valence-corrected chi connectivity index (χ3v) is 5.47. The van der Waals surface area contributed by atoms with Crippen molar-refractivity contribution in [3.63, 3.8) is 0 Å². The summed E-state index contributed by atoms with van der Waals surface area (Å²) >= 11 is 6.27. The van der Waals surface area contributed by atoms with Crippen molar-refractivity contribution in [1.29, 1.82) is 0 Å². The molecule has 0 aliphatic rings. The van der Waals surface area contributed by atoms with Crippen LogP contribution in [0.3, 0.4) is 0 Å². The van der Waals surface area contributed by atoms with E-state index in [1.807, 2.05) is 6.92 Å². The number of hydrogen-bond donors (Lipinski definition) is 0. The van der Waals surface area contributed by atoms with Crippen molar-refractivity contribution in [2.75, 3.05) is 20.8 Å². The van der Waals surface area contributed by atoms with Crippen LogP contribution in [0.1, 0.15) is 18.1 Å². The van der Waals surface area contributed by atoms with Crippen molar-refractivity contribution in [2.45, 2.75) is 18.7 Å². The molecule has 0 radical (unpaired) electrons. The second-order valence-corrected chi connectivity index (χ2v) is 8.11. The SMILES string of the molecule is CCOc1cc(C=C(C(=O)OC)C(=O)OC)cc(Cl)c1OS(=O)(=O)c1ccc(C)cc1. The van der Waals surface area contributed by atoms with Crippen LogP contribution in [0.15, 0.2) is 46.9 Å². The molecule has 0 spiro atoms. The Balaban J connectivity index is 2.53. The van der Waals surface area contributed by atoms with E-state index in [9.17, 15) is 18.0 Å². The predicted molar refractivity (Wildman–Crippen MR) is 114 cm³/mol. The minimum atomic E-state index is -4.19. The Morgan fingerprint density at radius 3 is 2.13 bits per heavy atom. The highest BCUT2D eigenvalue weighted by molar-refractivity contribution is 7.87. The lowest BCUT2D eigenvalue weighted by molar-refractivity contribution is -0.143. The maximum Gasteiger partial charge on any atom is 0.345 e. The molecule has 0 N–H and O–H groups in total. The first kappa shape index (κ1) is 24.2. The highest BCUT2D eigenvalue weighted by Gasteiger charge is 2.24. The van der Waals surface area contributed by atoms with Gasteiger partial charge in [-0.1, -0.05) is 29.3 Å². The van der Waals surface area contributed by atoms with Crippen LogP contribution >= 0.6 is 11.6 Å². The number of halogens is 1. The van der Waals surface area contributed by atoms with Gasteiger partial charge in [0.05, 0.1) is 25.8 Å². The number of esters is 2. The summed E-state index contributed by atoms with van der Waals surface area (Å²) in [4.78, 5) is 23.7. The van der Waals surface area contributed by atoms with E-state index in [1.165, 1.54) is 30.3 Å². The van der Waals surface area contributed by atoms with Gasteiger partial charge in [-0.15, -0.1) is 0 Å². The second-order valence-electron chi connectivity index (χ2n) is 6.15. The molecule has 0 heterocycles. The fourth-order valence-electron chi connectivity index (χ4n) is 2.47. The number of rotatable bonds is 8. The minimum absolute atomic E-state index is 0.00557. The van der Waals surface area contributed by atoms with Crippen LogP contribution < -0.4 is 8.92 Å². The fraction of sp³-hybridized carbons (Fsp3) is 0.238. The quantitative estimate of drug-likeness (QED) is 0.190. The topological polar surface area (TPSA) is 105 Å². The summed E-state index contributed by atoms with van der Waals surface area (Å²) in [6, 6.07) is 8.79. The monoisotopic (exact) mass is 468 g/mol. The number of methoxy groups -OCH3 is 2. The zero-order valence-corrected chi connectivity index (χ0v) is 18.9. The zero-order chi connectivity index (χ0) is 23.2. The Kier molecular flexibility index (Phi) is 8.07. The van der Waals surface area contributed by atoms with E-state index < -0.39 is 22.1 Å². The van der Waals surface area contributed by atoms with Crippen LogP contribution in [0.5, 0.6) is 11.5 Å². The van der Waals surface area contributed by atoms with Crippen LogP contribution in [0, 0.1) is 6.92 Å². The molecule has 2 rings (SSSR count). The van der Waals surface area contributed by atoms with E-state index in [4.69, 9.17) is 20.5 Å². The molecule has 0 bridgehead atoms. The van der Waals surface area contributed by atoms with Crippen molar-refractivity contribution < 1.29 is 36.4 Å². The molecule has 10 heteroatoms. The van der Waals surface area contributed by atoms with Gasteiger partial charge in [0.15, 0.2) is 5.75 Å². The lowest BCUT2D eigenvalue weighted by atomic mass is 10.1. The summed E-state index contributed by atoms with van der Waals surface area (Å²) in [6.07, 6.45) is 1.18. The molecule has 0 atom stereocenters. The van der Waals surface area contributed by atoms with Crippen LogP contribution in [-0.4, -0.2) is 41.2 Å². The standard InChI is InChI=1S/C21H21ClO8S/c1-5-29-18-12-14(10-16(20(23)27-3)21(24)28-4)11-17(22)19(18)30-31(25,26)15-8-6-13(2)7-9-15/h6-12H,5H2,1-4H3. The Labute approximate surface area is 185 Å². The summed E-state index contributed by atoms with van der Waals surface area (Å²) in [5, 5.41) is -0.109. The minimum Gasteiger partial charge on any atom is -0.490 e. The Bertz CT molecular complexity index is 1090. The average Bonchev–Trinajstić information content (AvgIpc) is 2.73. The Morgan fingerprint density at radius 2 is 1.61 bits per heavy atom. The van der Waals surface area contributed by atoms with Gasteiger partial charge < -0.3 is 18.4 Å². The third-order valence-electron chi connectivity index (χ3n) is 3.96. The first-order chi connectivity index (χ1) is 14.6. The average molecular weight is 469 g/mol. The summed E-state index contributed by atoms with van der Waals surface area (Å²) in [6.45, 7) is 3.68. The highest BCUT2D eigenvalue weighted by atomic mass is 35.5. The number of carbonyl (C=O) groups excluding carboxylic acids is 2. The van der Waals surface area contributed by atoms with Gasteiger partial charge in [0.2, 0.25) is 5.75 Å². The first-order valence-electron chi connectivity index (χ1n) is 8.98. The van der Waals surface area contributed by atoms with Crippen molar-refractivity contribution in [3.8, 4) is 11.5 Å². The maximum atomic E-state index is 12.7. The zero-order valence-electron chi connectivity index (χ0n) is 17.3. The molecule has 0 unspecified atom stereocenters. The van der Waals surface area contributed by atoms with Crippen molar-refractivity contribution in [1.82, 2.24) is 0 Å². The summed E-state index contributed by atoms with van der Waals surface area (Å²) < 4.78 is 45.2. The molecule has 8 nitrogen and oxygen atoms in total. The van der Waals surface area contributed by atoms with E-state index in [1.54, 1.807) is 19.1 Å². The molecule has 0 saturated heterocycles. The molecule has 166 valence electrons. The molecule has 0 aliphatic heterocycles. The number of benzene rings is 2. The molecule has 0 saturated carbocycles. The van der Waals surface area contributed by atoms with Gasteiger partial charge >= 0.3 is 22.1 Å². The van der Waals surface area contributed by atoms with Crippen LogP contribution in [0.4, 0.5) is 0 Å². The predicted octanol–water partition coefficient (Wildman–Crippen LogP) is 3.54. The summed E-state index contributed by atoms with van der Waals surface area (Å²) in [5.41, 5.74) is 0.763. The molecule has 0 fully saturated rings. The second kappa shape index (κ2) is 10.3. The maximum absolute atomic E-state index is 12.7. The first-order valence-corrected chi connectivity index (χ1v) is 10.8. The van der Waals surface area contributed by atoms with Gasteiger partial charge in [-0.3, -0.25) is 0 Å². The van der Waals surface area contributed by atoms with Gasteiger partial charge in [0.1, 0.15) is 10.5 Å². The normalized spacial score (nSPS) is 10.7. The number of ether oxygens (including phenoxy) is 3. The van der Waals surface area contributed by atoms with Crippen molar-refractivity contribution >= 4 is 39.7 Å². The van der Waals surface area contributed by atoms with Crippen LogP contribution in [0.25, 0.3) is 6.08 Å². The Morgan fingerprint density at radius 1 is 1.03 bits per heavy atom. The van der Waals surface area contributed by atoms with Gasteiger partial charge in [0, 0.05) is 0 Å². The van der Waals surface area contributed by atoms with Crippen LogP contribution in [0.2, 0.25) is 5.02 Å². The molecular weight excluding hydrogens is 448 g/mol. The van der Waals surface area contributed by atoms with Gasteiger partial charge in [-0.2, -0.15) is 8.42 Å². The van der Waals surface area contributed by atoms with E-state index in [0.29, 0.717) is 0 Å². The molecule has 0 aromatic heterocycles. The lowest BCUT2D eigenvalue weighted by Crippen LogP contribution is -2.15. The summed E-state index contributed by atoms with van der Waals surface area (Å²) in [5.74, 6) is -2.05. The smallest absolute Gasteiger partial charge is 0.345 e. The molecular formula is C21H21ClO8S. The number of carbonyl (C=O) groups is 2. The van der Waals surface area contributed by atoms with Gasteiger partial charge in [0.25, 0.3) is 0 Å². The third kappa shape index (κ3) is 5.99. The fourth-order valence-corrected chi connectivity index (χ4v) is 3.73. The van der Waals surface area contributed by atoms with Gasteiger partial charge in [-0.25, -0.2) is 9.59 Å². The highest BCUT2D eigenvalue weighted by Crippen LogP contribution is 2.39. The van der Waals surface area contributed by atoms with Crippen molar-refractivity contribution in [2.24, 2.45) is 0 Å². The van der Waals surface area contributed by atoms with E-state index in [0.717, 1.165) is 19.8 Å². The largest absolute Gasteiger partial charge is 0.490 e. The van der Waals surface area contributed by atoms with Gasteiger partial charge in [-0.05, 0) is 49.8 Å². The van der Waals surface area contributed by atoms with Crippen molar-refractivity contribution in [3.05, 3.63) is 58.1 Å². The lowest BCUT2D eigenvalue weighted by Gasteiger charge is -2.14. The van der Waals surface area contributed by atoms with E-state index in [2.05, 4.69) is 9.47 Å². The van der Waals surface area contributed by atoms with Crippen LogP contribution in [-0.2, 0) is 29.2 Å². The molecule has 0 amide bonds. The summed E-state index contributed by atoms with van der Waals surface area (Å²) in [7, 11) is -1.96. The number of aryl methyl sites for hydroxylation is 1. The van der Waals surface area contributed by atoms with E-state index >= 15 is 0 Å². The molecule has 2 aromatic rings.